The van der Waals surface area contributed by atoms with Gasteiger partial charge in [-0.3, -0.25) is 14.7 Å². The number of rotatable bonds is 4. The molecule has 2 aromatic heterocycles. The first kappa shape index (κ1) is 19.2. The molecule has 0 bridgehead atoms. The van der Waals surface area contributed by atoms with Crippen molar-refractivity contribution in [2.45, 2.75) is 31.5 Å². The fraction of sp³-hybridized carbons (Fsp3) is 0.435. The van der Waals surface area contributed by atoms with Gasteiger partial charge >= 0.3 is 0 Å². The van der Waals surface area contributed by atoms with Crippen molar-refractivity contribution >= 4 is 16.7 Å². The Bertz CT molecular complexity index is 1100. The first-order valence-electron chi connectivity index (χ1n) is 10.6. The second kappa shape index (κ2) is 7.81. The molecular weight excluding hydrogens is 378 g/mol. The number of anilines is 1. The summed E-state index contributed by atoms with van der Waals surface area (Å²) in [7, 11) is 1.84. The van der Waals surface area contributed by atoms with E-state index in [9.17, 15) is 9.90 Å². The molecule has 1 aliphatic heterocycles. The van der Waals surface area contributed by atoms with E-state index in [0.717, 1.165) is 42.4 Å². The molecule has 2 fully saturated rings. The highest BCUT2D eigenvalue weighted by molar-refractivity contribution is 5.79. The lowest BCUT2D eigenvalue weighted by molar-refractivity contribution is 0.0735. The quantitative estimate of drug-likeness (QED) is 0.691. The van der Waals surface area contributed by atoms with E-state index in [1.165, 1.54) is 0 Å². The van der Waals surface area contributed by atoms with Gasteiger partial charge in [0.2, 0.25) is 0 Å². The van der Waals surface area contributed by atoms with Gasteiger partial charge < -0.3 is 15.0 Å². The van der Waals surface area contributed by atoms with Gasteiger partial charge in [0, 0.05) is 44.6 Å². The highest BCUT2D eigenvalue weighted by Gasteiger charge is 2.41. The van der Waals surface area contributed by atoms with Crippen LogP contribution < -0.4 is 10.9 Å². The summed E-state index contributed by atoms with van der Waals surface area (Å²) < 4.78 is 1.75. The number of para-hydroxylation sites is 1. The minimum absolute atomic E-state index is 0.0172. The van der Waals surface area contributed by atoms with Gasteiger partial charge in [0.25, 0.3) is 5.56 Å². The van der Waals surface area contributed by atoms with Crippen molar-refractivity contribution in [3.05, 3.63) is 64.8 Å². The largest absolute Gasteiger partial charge is 0.391 e. The first-order chi connectivity index (χ1) is 14.6. The third-order valence-electron chi connectivity index (χ3n) is 6.72. The molecular formula is C23H27N5O2. The van der Waals surface area contributed by atoms with Crippen LogP contribution in [0.25, 0.3) is 10.9 Å². The monoisotopic (exact) mass is 405 g/mol. The molecule has 1 aromatic carbocycles. The molecule has 4 atom stereocenters. The van der Waals surface area contributed by atoms with Crippen molar-refractivity contribution in [1.82, 2.24) is 19.4 Å². The van der Waals surface area contributed by atoms with Gasteiger partial charge in [-0.25, -0.2) is 4.98 Å². The molecule has 0 spiro atoms. The van der Waals surface area contributed by atoms with Crippen molar-refractivity contribution < 1.29 is 5.11 Å². The highest BCUT2D eigenvalue weighted by atomic mass is 16.3. The standard InChI is InChI=1S/C23H27N5O2/c1-27-20-5-3-2-4-15(20)8-18(23(27)30)14-28-12-16-9-19(21(29)10-17(16)13-28)26-22-11-24-6-7-25-22/h2-8,11,16-17,19,21,29H,9-10,12-14H2,1H3,(H,25,26)/t16-,17+,19-,21-/m1/s1. The van der Waals surface area contributed by atoms with E-state index in [0.29, 0.717) is 24.2 Å². The van der Waals surface area contributed by atoms with Crippen LogP contribution >= 0.6 is 0 Å². The molecule has 30 heavy (non-hydrogen) atoms. The number of hydrogen-bond acceptors (Lipinski definition) is 6. The van der Waals surface area contributed by atoms with E-state index in [4.69, 9.17) is 0 Å². The molecule has 1 saturated heterocycles. The Morgan fingerprint density at radius 2 is 1.97 bits per heavy atom. The predicted molar refractivity (Wildman–Crippen MR) is 116 cm³/mol. The molecule has 1 saturated carbocycles. The Hall–Kier alpha value is -2.77. The number of likely N-dealkylation sites (tertiary alicyclic amines) is 1. The Labute approximate surface area is 175 Å². The first-order valence-corrected chi connectivity index (χ1v) is 10.6. The molecule has 5 rings (SSSR count). The van der Waals surface area contributed by atoms with Gasteiger partial charge in [0.05, 0.1) is 23.9 Å². The molecule has 0 radical (unpaired) electrons. The normalized spacial score (nSPS) is 26.6. The summed E-state index contributed by atoms with van der Waals surface area (Å²) in [5.74, 6) is 1.67. The number of pyridine rings is 1. The predicted octanol–water partition coefficient (Wildman–Crippen LogP) is 2.01. The van der Waals surface area contributed by atoms with E-state index in [2.05, 4.69) is 26.3 Å². The van der Waals surface area contributed by atoms with Crippen LogP contribution in [0.2, 0.25) is 0 Å². The van der Waals surface area contributed by atoms with Gasteiger partial charge in [-0.2, -0.15) is 0 Å². The second-order valence-electron chi connectivity index (χ2n) is 8.69. The van der Waals surface area contributed by atoms with E-state index in [1.807, 2.05) is 31.3 Å². The van der Waals surface area contributed by atoms with Crippen LogP contribution in [0.5, 0.6) is 0 Å². The van der Waals surface area contributed by atoms with Crippen LogP contribution in [-0.2, 0) is 13.6 Å². The van der Waals surface area contributed by atoms with Crippen LogP contribution in [0.15, 0.2) is 53.7 Å². The number of nitrogens with zero attached hydrogens (tertiary/aromatic N) is 4. The average Bonchev–Trinajstić information content (AvgIpc) is 3.14. The number of aromatic nitrogens is 3. The molecule has 2 aliphatic rings. The number of nitrogens with one attached hydrogen (secondary N) is 1. The SMILES string of the molecule is Cn1c(=O)c(CN2C[C@H]3C[C@@H](Nc4cnccn4)[C@H](O)C[C@H]3C2)cc2ccccc21. The minimum atomic E-state index is -0.401. The Morgan fingerprint density at radius 3 is 2.77 bits per heavy atom. The lowest BCUT2D eigenvalue weighted by Crippen LogP contribution is -2.43. The van der Waals surface area contributed by atoms with E-state index in [1.54, 1.807) is 23.2 Å². The number of aliphatic hydroxyl groups excluding tert-OH is 1. The third kappa shape index (κ3) is 3.59. The number of aryl methyl sites for hydroxylation is 1. The van der Waals surface area contributed by atoms with Crippen LogP contribution in [0.3, 0.4) is 0 Å². The Balaban J connectivity index is 1.30. The third-order valence-corrected chi connectivity index (χ3v) is 6.72. The molecule has 2 N–H and O–H groups in total. The maximum atomic E-state index is 12.9. The molecule has 1 aliphatic carbocycles. The summed E-state index contributed by atoms with van der Waals surface area (Å²) in [6.45, 7) is 2.53. The topological polar surface area (TPSA) is 83.3 Å². The van der Waals surface area contributed by atoms with Gasteiger partial charge in [0.15, 0.2) is 0 Å². The minimum Gasteiger partial charge on any atom is -0.391 e. The van der Waals surface area contributed by atoms with Gasteiger partial charge in [-0.1, -0.05) is 18.2 Å². The zero-order chi connectivity index (χ0) is 20.7. The summed E-state index contributed by atoms with van der Waals surface area (Å²) in [4.78, 5) is 23.6. The van der Waals surface area contributed by atoms with Crippen molar-refractivity contribution in [3.63, 3.8) is 0 Å². The van der Waals surface area contributed by atoms with E-state index in [-0.39, 0.29) is 11.6 Å². The summed E-state index contributed by atoms with van der Waals surface area (Å²) in [5.41, 5.74) is 1.87. The summed E-state index contributed by atoms with van der Waals surface area (Å²) >= 11 is 0. The van der Waals surface area contributed by atoms with Gasteiger partial charge in [-0.15, -0.1) is 0 Å². The van der Waals surface area contributed by atoms with Gasteiger partial charge in [-0.05, 0) is 42.2 Å². The van der Waals surface area contributed by atoms with Crippen molar-refractivity contribution in [2.24, 2.45) is 18.9 Å². The number of fused-ring (bicyclic) bond motifs is 2. The maximum absolute atomic E-state index is 12.9. The van der Waals surface area contributed by atoms with Crippen molar-refractivity contribution in [1.29, 1.82) is 0 Å². The van der Waals surface area contributed by atoms with Crippen LogP contribution in [-0.4, -0.2) is 49.8 Å². The lowest BCUT2D eigenvalue weighted by Gasteiger charge is -2.35. The Kier molecular flexibility index (Phi) is 5.00. The number of benzene rings is 1. The molecule has 3 heterocycles. The summed E-state index contributed by atoms with van der Waals surface area (Å²) in [5, 5.41) is 15.1. The molecule has 0 amide bonds. The smallest absolute Gasteiger partial charge is 0.255 e. The van der Waals surface area contributed by atoms with Crippen LogP contribution in [0.4, 0.5) is 5.82 Å². The second-order valence-corrected chi connectivity index (χ2v) is 8.69. The van der Waals surface area contributed by atoms with Gasteiger partial charge in [0.1, 0.15) is 5.82 Å². The molecule has 156 valence electrons. The summed E-state index contributed by atoms with van der Waals surface area (Å²) in [6, 6.07) is 10.0. The van der Waals surface area contributed by atoms with Crippen LogP contribution in [0, 0.1) is 11.8 Å². The highest BCUT2D eigenvalue weighted by Crippen LogP contribution is 2.37. The number of aliphatic hydroxyl groups is 1. The average molecular weight is 406 g/mol. The van der Waals surface area contributed by atoms with Crippen molar-refractivity contribution in [3.8, 4) is 0 Å². The number of hydrogen-bond donors (Lipinski definition) is 2. The molecule has 7 nitrogen and oxygen atoms in total. The summed E-state index contributed by atoms with van der Waals surface area (Å²) in [6.07, 6.45) is 6.26. The Morgan fingerprint density at radius 1 is 1.17 bits per heavy atom. The fourth-order valence-electron chi connectivity index (χ4n) is 5.22. The molecule has 7 heteroatoms. The molecule has 0 unspecified atom stereocenters. The molecule has 3 aromatic rings. The maximum Gasteiger partial charge on any atom is 0.255 e. The van der Waals surface area contributed by atoms with Crippen LogP contribution in [0.1, 0.15) is 18.4 Å². The fourth-order valence-corrected chi connectivity index (χ4v) is 5.22. The van der Waals surface area contributed by atoms with E-state index < -0.39 is 6.10 Å². The zero-order valence-electron chi connectivity index (χ0n) is 17.1. The van der Waals surface area contributed by atoms with E-state index >= 15 is 0 Å². The lowest BCUT2D eigenvalue weighted by atomic mass is 9.77. The zero-order valence-corrected chi connectivity index (χ0v) is 17.1. The van der Waals surface area contributed by atoms with Crippen molar-refractivity contribution in [2.75, 3.05) is 18.4 Å².